The van der Waals surface area contributed by atoms with Crippen molar-refractivity contribution in [1.29, 1.82) is 0 Å². The Morgan fingerprint density at radius 2 is 2.13 bits per heavy atom. The van der Waals surface area contributed by atoms with Gasteiger partial charge in [0, 0.05) is 12.5 Å². The smallest absolute Gasteiger partial charge is 0.294 e. The van der Waals surface area contributed by atoms with E-state index < -0.39 is 5.09 Å². The van der Waals surface area contributed by atoms with Gasteiger partial charge in [0.1, 0.15) is 13.2 Å². The van der Waals surface area contributed by atoms with E-state index in [4.69, 9.17) is 9.47 Å². The molecule has 1 amide bonds. The van der Waals surface area contributed by atoms with E-state index in [1.807, 2.05) is 25.1 Å². The van der Waals surface area contributed by atoms with E-state index in [9.17, 15) is 14.9 Å². The van der Waals surface area contributed by atoms with Crippen molar-refractivity contribution in [3.8, 4) is 11.5 Å². The van der Waals surface area contributed by atoms with Crippen LogP contribution in [0.25, 0.3) is 0 Å². The second-order valence-electron chi connectivity index (χ2n) is 5.31. The highest BCUT2D eigenvalue weighted by molar-refractivity contribution is 5.76. The molecule has 0 fully saturated rings. The molecule has 23 heavy (non-hydrogen) atoms. The number of carbonyl (C=O) groups excluding carboxylic acids is 1. The van der Waals surface area contributed by atoms with E-state index in [0.29, 0.717) is 26.1 Å². The number of nitrogens with zero attached hydrogens (tertiary/aromatic N) is 1. The maximum absolute atomic E-state index is 11.7. The summed E-state index contributed by atoms with van der Waals surface area (Å²) in [6.07, 6.45) is 1.16. The molecule has 8 nitrogen and oxygen atoms in total. The highest BCUT2D eigenvalue weighted by atomic mass is 16.9. The summed E-state index contributed by atoms with van der Waals surface area (Å²) in [4.78, 5) is 25.9. The van der Waals surface area contributed by atoms with Crippen LogP contribution in [-0.4, -0.2) is 36.9 Å². The predicted molar refractivity (Wildman–Crippen MR) is 80.9 cm³/mol. The molecule has 1 heterocycles. The lowest BCUT2D eigenvalue weighted by atomic mass is 10.1. The Morgan fingerprint density at radius 1 is 1.39 bits per heavy atom. The van der Waals surface area contributed by atoms with Crippen LogP contribution in [0.2, 0.25) is 0 Å². The first kappa shape index (κ1) is 16.9. The molecule has 0 radical (unpaired) electrons. The third kappa shape index (κ3) is 5.65. The minimum absolute atomic E-state index is 0.0542. The van der Waals surface area contributed by atoms with Crippen molar-refractivity contribution in [2.45, 2.75) is 32.2 Å². The van der Waals surface area contributed by atoms with Crippen LogP contribution in [0.4, 0.5) is 0 Å². The normalized spacial score (nSPS) is 14.0. The van der Waals surface area contributed by atoms with Gasteiger partial charge in [0.15, 0.2) is 11.5 Å². The summed E-state index contributed by atoms with van der Waals surface area (Å²) < 4.78 is 11.0. The van der Waals surface area contributed by atoms with Crippen molar-refractivity contribution in [3.05, 3.63) is 33.9 Å². The van der Waals surface area contributed by atoms with Crippen molar-refractivity contribution < 1.29 is 24.2 Å². The topological polar surface area (TPSA) is 99.9 Å². The zero-order valence-corrected chi connectivity index (χ0v) is 12.9. The molecule has 0 bridgehead atoms. The fourth-order valence-electron chi connectivity index (χ4n) is 2.34. The van der Waals surface area contributed by atoms with Crippen LogP contribution in [0.15, 0.2) is 18.2 Å². The number of hydrogen-bond donors (Lipinski definition) is 1. The van der Waals surface area contributed by atoms with Crippen LogP contribution in [0, 0.1) is 10.1 Å². The van der Waals surface area contributed by atoms with Gasteiger partial charge in [-0.15, -0.1) is 10.1 Å². The molecule has 126 valence electrons. The van der Waals surface area contributed by atoms with Gasteiger partial charge in [-0.25, -0.2) is 0 Å². The number of nitrogens with one attached hydrogen (secondary N) is 1. The highest BCUT2D eigenvalue weighted by Crippen LogP contribution is 2.31. The Kier molecular flexibility index (Phi) is 6.02. The molecule has 0 aromatic heterocycles. The zero-order chi connectivity index (χ0) is 16.7. The summed E-state index contributed by atoms with van der Waals surface area (Å²) in [7, 11) is 0. The van der Waals surface area contributed by atoms with Crippen LogP contribution in [0.5, 0.6) is 11.5 Å². The van der Waals surface area contributed by atoms with Crippen molar-refractivity contribution >= 4 is 5.91 Å². The van der Waals surface area contributed by atoms with Crippen LogP contribution >= 0.6 is 0 Å². The molecule has 1 aliphatic rings. The van der Waals surface area contributed by atoms with Crippen LogP contribution in [-0.2, 0) is 16.1 Å². The van der Waals surface area contributed by atoms with E-state index in [0.717, 1.165) is 17.1 Å². The molecule has 8 heteroatoms. The summed E-state index contributed by atoms with van der Waals surface area (Å²) in [5.74, 6) is 1.31. The number of amides is 1. The Morgan fingerprint density at radius 3 is 2.87 bits per heavy atom. The number of rotatable bonds is 8. The van der Waals surface area contributed by atoms with E-state index in [1.54, 1.807) is 0 Å². The zero-order valence-electron chi connectivity index (χ0n) is 12.9. The average Bonchev–Trinajstić information content (AvgIpc) is 2.51. The molecule has 1 atom stereocenters. The van der Waals surface area contributed by atoms with Gasteiger partial charge in [0.25, 0.3) is 5.09 Å². The summed E-state index contributed by atoms with van der Waals surface area (Å²) >= 11 is 0. The van der Waals surface area contributed by atoms with Gasteiger partial charge in [-0.2, -0.15) is 0 Å². The first-order valence-corrected chi connectivity index (χ1v) is 7.50. The quantitative estimate of drug-likeness (QED) is 0.442. The number of hydrogen-bond acceptors (Lipinski definition) is 6. The monoisotopic (exact) mass is 324 g/mol. The van der Waals surface area contributed by atoms with Crippen molar-refractivity contribution in [2.75, 3.05) is 19.8 Å². The lowest BCUT2D eigenvalue weighted by Gasteiger charge is -2.20. The molecule has 1 aromatic carbocycles. The van der Waals surface area contributed by atoms with Gasteiger partial charge in [-0.3, -0.25) is 4.79 Å². The minimum atomic E-state index is -0.859. The van der Waals surface area contributed by atoms with Crippen LogP contribution < -0.4 is 14.8 Å². The van der Waals surface area contributed by atoms with Crippen LogP contribution in [0.1, 0.15) is 25.3 Å². The summed E-state index contributed by atoms with van der Waals surface area (Å²) in [6.45, 7) is 2.92. The number of carbonyl (C=O) groups is 1. The molecule has 1 N–H and O–H groups in total. The summed E-state index contributed by atoms with van der Waals surface area (Å²) in [5, 5.41) is 12.0. The lowest BCUT2D eigenvalue weighted by Crippen LogP contribution is -2.34. The Hall–Kier alpha value is -2.51. The summed E-state index contributed by atoms with van der Waals surface area (Å²) in [5.41, 5.74) is 1.04. The van der Waals surface area contributed by atoms with Crippen molar-refractivity contribution in [2.24, 2.45) is 0 Å². The number of ether oxygens (including phenoxy) is 2. The largest absolute Gasteiger partial charge is 0.486 e. The maximum atomic E-state index is 11.7. The highest BCUT2D eigenvalue weighted by Gasteiger charge is 2.14. The standard InChI is InChI=1S/C15H20N2O6/c1-11(16-15(18)3-2-6-23-17(19)20)9-12-4-5-13-14(10-12)22-8-7-21-13/h4-5,10-11H,2-3,6-9H2,1H3,(H,16,18)/t11-/m1/s1. The second-order valence-corrected chi connectivity index (χ2v) is 5.31. The first-order chi connectivity index (χ1) is 11.0. The lowest BCUT2D eigenvalue weighted by molar-refractivity contribution is -0.757. The molecule has 0 unspecified atom stereocenters. The number of fused-ring (bicyclic) bond motifs is 1. The van der Waals surface area contributed by atoms with Crippen molar-refractivity contribution in [1.82, 2.24) is 5.32 Å². The average molecular weight is 324 g/mol. The fourth-order valence-corrected chi connectivity index (χ4v) is 2.34. The molecule has 1 aliphatic heterocycles. The second kappa shape index (κ2) is 8.21. The van der Waals surface area contributed by atoms with Gasteiger partial charge >= 0.3 is 0 Å². The summed E-state index contributed by atoms with van der Waals surface area (Å²) in [6, 6.07) is 5.68. The van der Waals surface area contributed by atoms with E-state index >= 15 is 0 Å². The number of benzene rings is 1. The molecule has 2 rings (SSSR count). The Balaban J connectivity index is 1.74. The Labute approximate surface area is 133 Å². The third-order valence-electron chi connectivity index (χ3n) is 3.30. The third-order valence-corrected chi connectivity index (χ3v) is 3.30. The first-order valence-electron chi connectivity index (χ1n) is 7.50. The molecular weight excluding hydrogens is 304 g/mol. The van der Waals surface area contributed by atoms with Gasteiger partial charge < -0.3 is 19.6 Å². The molecule has 0 saturated heterocycles. The minimum Gasteiger partial charge on any atom is -0.486 e. The van der Waals surface area contributed by atoms with Crippen molar-refractivity contribution in [3.63, 3.8) is 0 Å². The molecule has 0 aliphatic carbocycles. The molecule has 0 saturated carbocycles. The van der Waals surface area contributed by atoms with E-state index in [2.05, 4.69) is 10.2 Å². The molecular formula is C15H20N2O6. The van der Waals surface area contributed by atoms with Crippen LogP contribution in [0.3, 0.4) is 0 Å². The SMILES string of the molecule is C[C@H](Cc1ccc2c(c1)OCCO2)NC(=O)CCCO[N+](=O)[O-]. The Bertz CT molecular complexity index is 563. The van der Waals surface area contributed by atoms with Gasteiger partial charge in [0.2, 0.25) is 5.91 Å². The predicted octanol–water partition coefficient (Wildman–Crippen LogP) is 1.49. The molecule has 0 spiro atoms. The molecule has 1 aromatic rings. The fraction of sp³-hybridized carbons (Fsp3) is 0.533. The van der Waals surface area contributed by atoms with E-state index in [1.165, 1.54) is 0 Å². The van der Waals surface area contributed by atoms with E-state index in [-0.39, 0.29) is 25.0 Å². The van der Waals surface area contributed by atoms with Gasteiger partial charge in [-0.1, -0.05) is 6.07 Å². The van der Waals surface area contributed by atoms with Gasteiger partial charge in [0.05, 0.1) is 6.61 Å². The maximum Gasteiger partial charge on any atom is 0.294 e. The van der Waals surface area contributed by atoms with Gasteiger partial charge in [-0.05, 0) is 37.5 Å².